The van der Waals surface area contributed by atoms with Crippen molar-refractivity contribution in [2.24, 2.45) is 16.2 Å². The van der Waals surface area contributed by atoms with Gasteiger partial charge in [-0.25, -0.2) is 0 Å². The Kier molecular flexibility index (Phi) is 9.05. The van der Waals surface area contributed by atoms with Gasteiger partial charge < -0.3 is 5.11 Å². The molecule has 1 aromatic heterocycles. The number of hydrogen-bond donors (Lipinski definition) is 1. The Bertz CT molecular complexity index is 1250. The highest BCUT2D eigenvalue weighted by atomic mass is 32.2. The molecule has 0 amide bonds. The smallest absolute Gasteiger partial charge is 0.219 e. The molecule has 0 unspecified atom stereocenters. The predicted molar refractivity (Wildman–Crippen MR) is 173 cm³/mol. The van der Waals surface area contributed by atoms with Crippen LogP contribution >= 0.6 is 23.1 Å². The first-order chi connectivity index (χ1) is 17.6. The molecule has 2 heterocycles. The number of rotatable bonds is 5. The zero-order valence-corrected chi connectivity index (χ0v) is 27.9. The first kappa shape index (κ1) is 31.6. The molecule has 0 saturated carbocycles. The van der Waals surface area contributed by atoms with Crippen molar-refractivity contribution in [1.29, 1.82) is 0 Å². The molecule has 0 atom stereocenters. The molecule has 1 aromatic rings. The Morgan fingerprint density at radius 3 is 1.72 bits per heavy atom. The van der Waals surface area contributed by atoms with Crippen LogP contribution in [0, 0.1) is 16.2 Å². The van der Waals surface area contributed by atoms with E-state index in [1.807, 2.05) is 35.3 Å². The van der Waals surface area contributed by atoms with E-state index >= 15 is 0 Å². The average molecular weight is 566 g/mol. The predicted octanol–water partition coefficient (Wildman–Crippen LogP) is 11.0. The summed E-state index contributed by atoms with van der Waals surface area (Å²) in [7, 11) is 0. The van der Waals surface area contributed by atoms with Crippen molar-refractivity contribution >= 4 is 35.0 Å². The van der Waals surface area contributed by atoms with Gasteiger partial charge in [0.25, 0.3) is 0 Å². The fraction of sp³-hybridized carbons (Fsp3) is 0.543. The Morgan fingerprint density at radius 2 is 1.28 bits per heavy atom. The van der Waals surface area contributed by atoms with Gasteiger partial charge in [0, 0.05) is 24.0 Å². The summed E-state index contributed by atoms with van der Waals surface area (Å²) in [4.78, 5) is 18.5. The first-order valence-electron chi connectivity index (χ1n) is 14.1. The maximum Gasteiger partial charge on any atom is 0.219 e. The lowest BCUT2D eigenvalue weighted by atomic mass is 9.84. The summed E-state index contributed by atoms with van der Waals surface area (Å²) in [5, 5.41) is 11.0. The van der Waals surface area contributed by atoms with E-state index in [0.717, 1.165) is 30.4 Å². The number of aliphatic hydroxyl groups is 1. The van der Waals surface area contributed by atoms with Gasteiger partial charge in [0.2, 0.25) is 26.9 Å². The third-order valence-corrected chi connectivity index (χ3v) is 8.78. The fourth-order valence-electron chi connectivity index (χ4n) is 4.63. The minimum Gasteiger partial charge on any atom is -0.506 e. The topological polar surface area (TPSA) is 37.3 Å². The molecule has 0 radical (unpaired) electrons. The van der Waals surface area contributed by atoms with Crippen LogP contribution in [0.2, 0.25) is 0 Å². The molecule has 3 rings (SSSR count). The van der Waals surface area contributed by atoms with Gasteiger partial charge >= 0.3 is 0 Å². The molecule has 2 nitrogen and oxygen atoms in total. The van der Waals surface area contributed by atoms with Gasteiger partial charge in [-0.15, -0.1) is 0 Å². The van der Waals surface area contributed by atoms with Gasteiger partial charge in [0.15, 0.2) is 0 Å². The summed E-state index contributed by atoms with van der Waals surface area (Å²) in [6.07, 6.45) is 11.0. The maximum atomic E-state index is 13.3. The molecule has 0 saturated heterocycles. The SMILES string of the molecule is CC(C)(C)CC1=CC(=CC2=C(O)C(=Cc3cc(CC(C)(C)C)[s+]c(C(C)(C)C)c3)C2=O)C=C(CC(C)(C)C)S1. The quantitative estimate of drug-likeness (QED) is 0.285. The molecule has 4 heteroatoms. The lowest BCUT2D eigenvalue weighted by molar-refractivity contribution is -0.113. The van der Waals surface area contributed by atoms with Crippen LogP contribution in [0.3, 0.4) is 0 Å². The summed E-state index contributed by atoms with van der Waals surface area (Å²) < 4.78 is 0. The second-order valence-electron chi connectivity index (χ2n) is 15.8. The third kappa shape index (κ3) is 9.32. The van der Waals surface area contributed by atoms with Gasteiger partial charge in [-0.05, 0) is 74.3 Å². The molecule has 1 aliphatic carbocycles. The Hall–Kier alpha value is -1.91. The summed E-state index contributed by atoms with van der Waals surface area (Å²) in [6, 6.07) is 4.35. The van der Waals surface area contributed by atoms with Crippen LogP contribution in [-0.4, -0.2) is 10.9 Å². The zero-order chi connectivity index (χ0) is 29.6. The number of carbonyl (C=O) groups is 1. The lowest BCUT2D eigenvalue weighted by Gasteiger charge is -2.27. The second kappa shape index (κ2) is 11.2. The van der Waals surface area contributed by atoms with E-state index in [4.69, 9.17) is 0 Å². The van der Waals surface area contributed by atoms with Crippen molar-refractivity contribution in [1.82, 2.24) is 0 Å². The Labute approximate surface area is 246 Å². The van der Waals surface area contributed by atoms with Gasteiger partial charge in [0.05, 0.1) is 11.1 Å². The molecular formula is C35H49O2S2+. The van der Waals surface area contributed by atoms with E-state index in [1.165, 1.54) is 19.6 Å². The Balaban J connectivity index is 2.01. The van der Waals surface area contributed by atoms with Crippen molar-refractivity contribution in [2.75, 3.05) is 0 Å². The largest absolute Gasteiger partial charge is 0.506 e. The first-order valence-corrected chi connectivity index (χ1v) is 15.7. The fourth-order valence-corrected chi connectivity index (χ4v) is 7.85. The van der Waals surface area contributed by atoms with Crippen molar-refractivity contribution in [3.05, 3.63) is 78.0 Å². The molecule has 0 bridgehead atoms. The van der Waals surface area contributed by atoms with Crippen LogP contribution in [0.5, 0.6) is 0 Å². The molecule has 39 heavy (non-hydrogen) atoms. The number of Topliss-reactive ketones (excluding diaryl/α,β-unsaturated/α-hetero) is 1. The van der Waals surface area contributed by atoms with Gasteiger partial charge in [0.1, 0.15) is 5.76 Å². The molecule has 1 aliphatic heterocycles. The van der Waals surface area contributed by atoms with Crippen molar-refractivity contribution in [2.45, 2.75) is 108 Å². The third-order valence-electron chi connectivity index (χ3n) is 6.26. The number of carbonyl (C=O) groups excluding carboxylic acids is 1. The molecule has 1 N–H and O–H groups in total. The highest BCUT2D eigenvalue weighted by Crippen LogP contribution is 2.44. The summed E-state index contributed by atoms with van der Waals surface area (Å²) in [5.74, 6) is 0.0152. The highest BCUT2D eigenvalue weighted by molar-refractivity contribution is 8.06. The summed E-state index contributed by atoms with van der Waals surface area (Å²) in [5.41, 5.74) is 3.31. The molecule has 212 valence electrons. The molecular weight excluding hydrogens is 517 g/mol. The average Bonchev–Trinajstić information content (AvgIpc) is 2.71. The van der Waals surface area contributed by atoms with Crippen LogP contribution < -0.4 is 0 Å². The van der Waals surface area contributed by atoms with E-state index < -0.39 is 0 Å². The van der Waals surface area contributed by atoms with Crippen LogP contribution in [0.1, 0.15) is 111 Å². The van der Waals surface area contributed by atoms with Gasteiger partial charge in [-0.3, -0.25) is 4.79 Å². The van der Waals surface area contributed by atoms with Crippen LogP contribution in [0.15, 0.2) is 62.6 Å². The Morgan fingerprint density at radius 1 is 0.769 bits per heavy atom. The normalized spacial score (nSPS) is 18.3. The van der Waals surface area contributed by atoms with Crippen LogP contribution in [-0.2, 0) is 16.6 Å². The highest BCUT2D eigenvalue weighted by Gasteiger charge is 2.34. The van der Waals surface area contributed by atoms with E-state index in [1.54, 1.807) is 0 Å². The van der Waals surface area contributed by atoms with E-state index in [9.17, 15) is 9.90 Å². The number of allylic oxidation sites excluding steroid dienone is 8. The van der Waals surface area contributed by atoms with Gasteiger partial charge in [-0.2, -0.15) is 0 Å². The van der Waals surface area contributed by atoms with Crippen molar-refractivity contribution in [3.63, 3.8) is 0 Å². The minimum absolute atomic E-state index is 0.0100. The number of hydrogen-bond acceptors (Lipinski definition) is 3. The van der Waals surface area contributed by atoms with Crippen LogP contribution in [0.4, 0.5) is 0 Å². The second-order valence-corrected chi connectivity index (χ2v) is 18.2. The molecule has 0 aromatic carbocycles. The van der Waals surface area contributed by atoms with E-state index in [-0.39, 0.29) is 33.2 Å². The van der Waals surface area contributed by atoms with Crippen LogP contribution in [0.25, 0.3) is 6.08 Å². The number of ketones is 1. The summed E-state index contributed by atoms with van der Waals surface area (Å²) in [6.45, 7) is 26.9. The summed E-state index contributed by atoms with van der Waals surface area (Å²) >= 11 is 3.70. The van der Waals surface area contributed by atoms with Crippen molar-refractivity contribution < 1.29 is 9.90 Å². The number of aliphatic hydroxyl groups excluding tert-OH is 1. The van der Waals surface area contributed by atoms with E-state index in [2.05, 4.69) is 107 Å². The van der Waals surface area contributed by atoms with Gasteiger partial charge in [-0.1, -0.05) is 94.8 Å². The number of thioether (sulfide) groups is 1. The molecule has 0 fully saturated rings. The standard InChI is InChI=1S/C35H48O2S2/c1-32(2,3)19-24-13-22(14-25(38-24)20-33(4,5)6)16-27-30(36)28(31(27)37)17-23-15-26(21-34(7,8)9)39-29(18-23)35(10,11)12/h13-18H,19-21H2,1-12H3/p+1. The molecule has 2 aliphatic rings. The molecule has 0 spiro atoms. The minimum atomic E-state index is -0.0861. The lowest BCUT2D eigenvalue weighted by Crippen LogP contribution is -2.21. The van der Waals surface area contributed by atoms with E-state index in [0.29, 0.717) is 11.1 Å². The maximum absolute atomic E-state index is 13.3. The zero-order valence-electron chi connectivity index (χ0n) is 26.3. The monoisotopic (exact) mass is 565 g/mol. The van der Waals surface area contributed by atoms with Crippen molar-refractivity contribution in [3.8, 4) is 0 Å².